The van der Waals surface area contributed by atoms with E-state index in [1.807, 2.05) is 30.3 Å². The van der Waals surface area contributed by atoms with Crippen molar-refractivity contribution >= 4 is 6.09 Å². The molecule has 5 heteroatoms. The Balaban J connectivity index is 1.74. The summed E-state index contributed by atoms with van der Waals surface area (Å²) >= 11 is 0. The number of nitrogens with one attached hydrogen (secondary N) is 1. The van der Waals surface area contributed by atoms with Gasteiger partial charge < -0.3 is 14.8 Å². The summed E-state index contributed by atoms with van der Waals surface area (Å²) in [4.78, 5) is 15.5. The lowest BCUT2D eigenvalue weighted by molar-refractivity contribution is 0.141. The summed E-state index contributed by atoms with van der Waals surface area (Å²) in [5.74, 6) is 6.25. The number of alkyl carbamates (subject to hydrolysis) is 1. The van der Waals surface area contributed by atoms with Gasteiger partial charge in [0.1, 0.15) is 6.61 Å². The molecular formula is C17H16N2O3. The molecule has 0 unspecified atom stereocenters. The molecule has 1 N–H and O–H groups in total. The second-order valence-electron chi connectivity index (χ2n) is 4.30. The molecule has 0 aliphatic heterocycles. The number of nitrogens with zero attached hydrogens (tertiary/aromatic N) is 1. The Hall–Kier alpha value is -3.00. The third kappa shape index (κ3) is 5.17. The zero-order chi connectivity index (χ0) is 15.6. The van der Waals surface area contributed by atoms with Gasteiger partial charge in [0.2, 0.25) is 5.88 Å². The molecular weight excluding hydrogens is 280 g/mol. The lowest BCUT2D eigenvalue weighted by atomic mass is 10.2. The summed E-state index contributed by atoms with van der Waals surface area (Å²) in [5.41, 5.74) is 1.71. The Morgan fingerprint density at radius 1 is 1.27 bits per heavy atom. The molecule has 0 fully saturated rings. The van der Waals surface area contributed by atoms with Crippen LogP contribution in [0.25, 0.3) is 0 Å². The number of aromatic nitrogens is 1. The van der Waals surface area contributed by atoms with Gasteiger partial charge in [-0.15, -0.1) is 0 Å². The van der Waals surface area contributed by atoms with Gasteiger partial charge in [-0.05, 0) is 11.6 Å². The van der Waals surface area contributed by atoms with Gasteiger partial charge in [0, 0.05) is 17.8 Å². The van der Waals surface area contributed by atoms with Gasteiger partial charge in [-0.25, -0.2) is 9.78 Å². The highest BCUT2D eigenvalue weighted by molar-refractivity contribution is 5.67. The highest BCUT2D eigenvalue weighted by Crippen LogP contribution is 2.06. The van der Waals surface area contributed by atoms with Gasteiger partial charge in [0.05, 0.1) is 13.7 Å². The van der Waals surface area contributed by atoms with Crippen molar-refractivity contribution in [1.29, 1.82) is 0 Å². The Morgan fingerprint density at radius 3 is 2.86 bits per heavy atom. The van der Waals surface area contributed by atoms with Crippen molar-refractivity contribution in [3.8, 4) is 17.7 Å². The fourth-order valence-electron chi connectivity index (χ4n) is 1.64. The van der Waals surface area contributed by atoms with E-state index in [-0.39, 0.29) is 13.2 Å². The van der Waals surface area contributed by atoms with Crippen LogP contribution in [0.3, 0.4) is 0 Å². The van der Waals surface area contributed by atoms with Gasteiger partial charge in [-0.3, -0.25) is 0 Å². The number of carbonyl (C=O) groups is 1. The lowest BCUT2D eigenvalue weighted by Gasteiger charge is -2.04. The van der Waals surface area contributed by atoms with Crippen molar-refractivity contribution in [3.05, 3.63) is 59.8 Å². The van der Waals surface area contributed by atoms with Crippen LogP contribution < -0.4 is 10.1 Å². The normalized spacial score (nSPS) is 9.32. The molecule has 0 saturated heterocycles. The van der Waals surface area contributed by atoms with Gasteiger partial charge in [0.25, 0.3) is 0 Å². The third-order valence-electron chi connectivity index (χ3n) is 2.71. The highest BCUT2D eigenvalue weighted by atomic mass is 16.5. The quantitative estimate of drug-likeness (QED) is 0.880. The molecule has 0 aliphatic rings. The number of hydrogen-bond donors (Lipinski definition) is 1. The van der Waals surface area contributed by atoms with E-state index in [1.165, 1.54) is 0 Å². The number of hydrogen-bond acceptors (Lipinski definition) is 4. The molecule has 0 aliphatic carbocycles. The first-order chi connectivity index (χ1) is 10.8. The second-order valence-corrected chi connectivity index (χ2v) is 4.30. The molecule has 2 rings (SSSR count). The summed E-state index contributed by atoms with van der Waals surface area (Å²) in [6.07, 6.45) is 1.12. The molecule has 1 heterocycles. The first-order valence-electron chi connectivity index (χ1n) is 6.71. The van der Waals surface area contributed by atoms with Crippen LogP contribution in [0.1, 0.15) is 11.1 Å². The SMILES string of the molecule is COc1cc(C#CCNC(=O)OCc2ccccc2)ccn1. The Morgan fingerprint density at radius 2 is 2.09 bits per heavy atom. The second kappa shape index (κ2) is 8.32. The van der Waals surface area contributed by atoms with Crippen LogP contribution in [0.15, 0.2) is 48.7 Å². The first-order valence-corrected chi connectivity index (χ1v) is 6.71. The zero-order valence-corrected chi connectivity index (χ0v) is 12.2. The maximum absolute atomic E-state index is 11.5. The first kappa shape index (κ1) is 15.4. The molecule has 1 aromatic carbocycles. The Bertz CT molecular complexity index is 675. The maximum Gasteiger partial charge on any atom is 0.408 e. The molecule has 112 valence electrons. The zero-order valence-electron chi connectivity index (χ0n) is 12.2. The van der Waals surface area contributed by atoms with Crippen LogP contribution in [0.5, 0.6) is 5.88 Å². The average Bonchev–Trinajstić information content (AvgIpc) is 2.58. The number of benzene rings is 1. The van der Waals surface area contributed by atoms with Crippen LogP contribution in [-0.4, -0.2) is 24.7 Å². The molecule has 22 heavy (non-hydrogen) atoms. The molecule has 0 spiro atoms. The van der Waals surface area contributed by atoms with Crippen LogP contribution in [-0.2, 0) is 11.3 Å². The minimum atomic E-state index is -0.495. The van der Waals surface area contributed by atoms with Crippen molar-refractivity contribution < 1.29 is 14.3 Å². The summed E-state index contributed by atoms with van der Waals surface area (Å²) in [7, 11) is 1.55. The van der Waals surface area contributed by atoms with Crippen LogP contribution in [0.2, 0.25) is 0 Å². The number of methoxy groups -OCH3 is 1. The summed E-state index contributed by atoms with van der Waals surface area (Å²) in [5, 5.41) is 2.57. The Kier molecular flexibility index (Phi) is 5.82. The number of pyridine rings is 1. The van der Waals surface area contributed by atoms with E-state index in [4.69, 9.17) is 9.47 Å². The predicted octanol–water partition coefficient (Wildman–Crippen LogP) is 2.37. The van der Waals surface area contributed by atoms with Crippen molar-refractivity contribution in [1.82, 2.24) is 10.3 Å². The van der Waals surface area contributed by atoms with Gasteiger partial charge in [0.15, 0.2) is 0 Å². The van der Waals surface area contributed by atoms with E-state index in [9.17, 15) is 4.79 Å². The van der Waals surface area contributed by atoms with Crippen molar-refractivity contribution in [3.63, 3.8) is 0 Å². The Labute approximate surface area is 129 Å². The van der Waals surface area contributed by atoms with Crippen LogP contribution >= 0.6 is 0 Å². The fraction of sp³-hybridized carbons (Fsp3) is 0.176. The van der Waals surface area contributed by atoms with Crippen molar-refractivity contribution in [2.24, 2.45) is 0 Å². The minimum Gasteiger partial charge on any atom is -0.481 e. The number of amides is 1. The van der Waals surface area contributed by atoms with Crippen LogP contribution in [0.4, 0.5) is 4.79 Å². The predicted molar refractivity (Wildman–Crippen MR) is 82.3 cm³/mol. The van der Waals surface area contributed by atoms with Gasteiger partial charge >= 0.3 is 6.09 Å². The molecule has 1 amide bonds. The molecule has 2 aromatic rings. The lowest BCUT2D eigenvalue weighted by Crippen LogP contribution is -2.24. The summed E-state index contributed by atoms with van der Waals surface area (Å²) in [6.45, 7) is 0.444. The third-order valence-corrected chi connectivity index (χ3v) is 2.71. The van der Waals surface area contributed by atoms with Crippen molar-refractivity contribution in [2.45, 2.75) is 6.61 Å². The molecule has 1 aromatic heterocycles. The minimum absolute atomic E-state index is 0.207. The highest BCUT2D eigenvalue weighted by Gasteiger charge is 2.00. The molecule has 0 radical (unpaired) electrons. The number of carbonyl (C=O) groups excluding carboxylic acids is 1. The monoisotopic (exact) mass is 296 g/mol. The van der Waals surface area contributed by atoms with E-state index in [0.29, 0.717) is 5.88 Å². The largest absolute Gasteiger partial charge is 0.481 e. The van der Waals surface area contributed by atoms with E-state index < -0.39 is 6.09 Å². The van der Waals surface area contributed by atoms with Gasteiger partial charge in [-0.1, -0.05) is 42.2 Å². The van der Waals surface area contributed by atoms with E-state index in [1.54, 1.807) is 25.4 Å². The van der Waals surface area contributed by atoms with Gasteiger partial charge in [-0.2, -0.15) is 0 Å². The summed E-state index contributed by atoms with van der Waals surface area (Å²) < 4.78 is 10.1. The fourth-order valence-corrected chi connectivity index (χ4v) is 1.64. The van der Waals surface area contributed by atoms with E-state index >= 15 is 0 Å². The van der Waals surface area contributed by atoms with Crippen molar-refractivity contribution in [2.75, 3.05) is 13.7 Å². The van der Waals surface area contributed by atoms with E-state index in [0.717, 1.165) is 11.1 Å². The maximum atomic E-state index is 11.5. The summed E-state index contributed by atoms with van der Waals surface area (Å²) in [6, 6.07) is 13.0. The molecule has 0 bridgehead atoms. The standard InChI is InChI=1S/C17H16N2O3/c1-21-16-12-14(9-11-18-16)8-5-10-19-17(20)22-13-15-6-3-2-4-7-15/h2-4,6-7,9,11-12H,10,13H2,1H3,(H,19,20). The average molecular weight is 296 g/mol. The van der Waals surface area contributed by atoms with Crippen LogP contribution in [0, 0.1) is 11.8 Å². The number of ether oxygens (including phenoxy) is 2. The molecule has 0 atom stereocenters. The number of rotatable bonds is 4. The van der Waals surface area contributed by atoms with E-state index in [2.05, 4.69) is 22.1 Å². The topological polar surface area (TPSA) is 60.5 Å². The molecule has 5 nitrogen and oxygen atoms in total. The smallest absolute Gasteiger partial charge is 0.408 e. The molecule has 0 saturated carbocycles.